The first-order valence-electron chi connectivity index (χ1n) is 8.98. The summed E-state index contributed by atoms with van der Waals surface area (Å²) >= 11 is 1.05. The number of hydrogen-bond donors (Lipinski definition) is 1. The van der Waals surface area contributed by atoms with Crippen LogP contribution in [0.15, 0.2) is 48.1 Å². The lowest BCUT2D eigenvalue weighted by Crippen LogP contribution is -2.16. The number of amides is 1. The Kier molecular flexibility index (Phi) is 5.85. The number of carbonyl (C=O) groups is 1. The molecular weight excluding hydrogens is 433 g/mol. The molecule has 0 spiro atoms. The fraction of sp³-hybridized carbons (Fsp3) is 0.150. The molecule has 1 amide bonds. The summed E-state index contributed by atoms with van der Waals surface area (Å²) in [6.07, 6.45) is 1.65. The highest BCUT2D eigenvalue weighted by atomic mass is 32.2. The van der Waals surface area contributed by atoms with Gasteiger partial charge in [0.2, 0.25) is 12.7 Å². The average Bonchev–Trinajstić information content (AvgIpc) is 3.39. The van der Waals surface area contributed by atoms with Crippen LogP contribution in [-0.4, -0.2) is 33.2 Å². The van der Waals surface area contributed by atoms with Crippen LogP contribution in [0, 0.1) is 17.5 Å². The standard InChI is InChI=1S/C20H15F3N4O3S/c1-2-7-27-19(11-3-6-14-15(8-11)30-10-29-14)25-26-20(27)31-9-16(28)24-13-5-4-12(21)17(22)18(13)23/h2-6,8H,1,7,9-10H2,(H,24,28). The molecular formula is C20H15F3N4O3S. The molecule has 1 N–H and O–H groups in total. The zero-order valence-electron chi connectivity index (χ0n) is 15.9. The maximum atomic E-state index is 13.7. The molecule has 0 saturated heterocycles. The molecule has 0 radical (unpaired) electrons. The number of nitrogens with zero attached hydrogens (tertiary/aromatic N) is 3. The second kappa shape index (κ2) is 8.72. The van der Waals surface area contributed by atoms with E-state index in [1.165, 1.54) is 0 Å². The summed E-state index contributed by atoms with van der Waals surface area (Å²) in [7, 11) is 0. The molecule has 2 heterocycles. The number of fused-ring (bicyclic) bond motifs is 1. The lowest BCUT2D eigenvalue weighted by molar-refractivity contribution is -0.113. The first kappa shape index (κ1) is 20.8. The number of thioether (sulfide) groups is 1. The predicted octanol–water partition coefficient (Wildman–Crippen LogP) is 4.01. The number of aromatic nitrogens is 3. The molecule has 3 aromatic rings. The number of halogens is 3. The number of ether oxygens (including phenoxy) is 2. The van der Waals surface area contributed by atoms with E-state index in [2.05, 4.69) is 22.1 Å². The fourth-order valence-electron chi connectivity index (χ4n) is 2.88. The molecule has 31 heavy (non-hydrogen) atoms. The highest BCUT2D eigenvalue weighted by molar-refractivity contribution is 7.99. The summed E-state index contributed by atoms with van der Waals surface area (Å²) in [5.41, 5.74) is 0.289. The molecule has 4 rings (SSSR count). The zero-order chi connectivity index (χ0) is 22.0. The van der Waals surface area contributed by atoms with Crippen LogP contribution in [-0.2, 0) is 11.3 Å². The highest BCUT2D eigenvalue weighted by Gasteiger charge is 2.20. The second-order valence-electron chi connectivity index (χ2n) is 6.33. The van der Waals surface area contributed by atoms with Crippen LogP contribution in [0.1, 0.15) is 0 Å². The largest absolute Gasteiger partial charge is 0.454 e. The van der Waals surface area contributed by atoms with Crippen LogP contribution in [0.25, 0.3) is 11.4 Å². The molecule has 0 unspecified atom stereocenters. The van der Waals surface area contributed by atoms with Gasteiger partial charge in [0.05, 0.1) is 11.4 Å². The Morgan fingerprint density at radius 2 is 1.97 bits per heavy atom. The average molecular weight is 448 g/mol. The second-order valence-corrected chi connectivity index (χ2v) is 7.28. The summed E-state index contributed by atoms with van der Waals surface area (Å²) in [6.45, 7) is 4.25. The quantitative estimate of drug-likeness (QED) is 0.334. The Morgan fingerprint density at radius 3 is 2.77 bits per heavy atom. The highest BCUT2D eigenvalue weighted by Crippen LogP contribution is 2.36. The van der Waals surface area contributed by atoms with Crippen molar-refractivity contribution >= 4 is 23.4 Å². The summed E-state index contributed by atoms with van der Waals surface area (Å²) in [5.74, 6) is -3.46. The molecule has 0 atom stereocenters. The number of nitrogens with one attached hydrogen (secondary N) is 1. The molecule has 0 saturated carbocycles. The van der Waals surface area contributed by atoms with E-state index in [-0.39, 0.29) is 12.5 Å². The summed E-state index contributed by atoms with van der Waals surface area (Å²) in [5, 5.41) is 11.0. The maximum absolute atomic E-state index is 13.7. The van der Waals surface area contributed by atoms with Gasteiger partial charge >= 0.3 is 0 Å². The maximum Gasteiger partial charge on any atom is 0.234 e. The fourth-order valence-corrected chi connectivity index (χ4v) is 3.62. The normalized spacial score (nSPS) is 12.1. The SMILES string of the molecule is C=CCn1c(SCC(=O)Nc2ccc(F)c(F)c2F)nnc1-c1ccc2c(c1)OCO2. The van der Waals surface area contributed by atoms with Gasteiger partial charge in [0.25, 0.3) is 0 Å². The van der Waals surface area contributed by atoms with Crippen molar-refractivity contribution < 1.29 is 27.4 Å². The van der Waals surface area contributed by atoms with Gasteiger partial charge in [-0.1, -0.05) is 17.8 Å². The number of benzene rings is 2. The Balaban J connectivity index is 1.49. The van der Waals surface area contributed by atoms with E-state index in [9.17, 15) is 18.0 Å². The van der Waals surface area contributed by atoms with Crippen LogP contribution >= 0.6 is 11.8 Å². The van der Waals surface area contributed by atoms with Crippen LogP contribution in [0.5, 0.6) is 11.5 Å². The molecule has 1 aromatic heterocycles. The number of allylic oxidation sites excluding steroid dienone is 1. The van der Waals surface area contributed by atoms with Gasteiger partial charge in [0, 0.05) is 12.1 Å². The molecule has 160 valence electrons. The number of rotatable bonds is 7. The minimum atomic E-state index is -1.65. The molecule has 0 bridgehead atoms. The smallest absolute Gasteiger partial charge is 0.234 e. The van der Waals surface area contributed by atoms with Crippen LogP contribution in [0.4, 0.5) is 18.9 Å². The molecule has 11 heteroatoms. The Morgan fingerprint density at radius 1 is 1.16 bits per heavy atom. The molecule has 0 aliphatic carbocycles. The van der Waals surface area contributed by atoms with E-state index in [1.807, 2.05) is 6.07 Å². The van der Waals surface area contributed by atoms with Crippen LogP contribution < -0.4 is 14.8 Å². The minimum Gasteiger partial charge on any atom is -0.454 e. The summed E-state index contributed by atoms with van der Waals surface area (Å²) < 4.78 is 52.5. The summed E-state index contributed by atoms with van der Waals surface area (Å²) in [4.78, 5) is 12.2. The molecule has 1 aliphatic rings. The number of carbonyl (C=O) groups excluding carboxylic acids is 1. The number of hydrogen-bond acceptors (Lipinski definition) is 6. The van der Waals surface area contributed by atoms with Gasteiger partial charge in [0.1, 0.15) is 0 Å². The lowest BCUT2D eigenvalue weighted by atomic mass is 10.2. The van der Waals surface area contributed by atoms with E-state index in [4.69, 9.17) is 9.47 Å². The van der Waals surface area contributed by atoms with E-state index in [0.29, 0.717) is 29.0 Å². The Hall–Kier alpha value is -3.47. The van der Waals surface area contributed by atoms with Gasteiger partial charge in [-0.05, 0) is 30.3 Å². The van der Waals surface area contributed by atoms with Crippen LogP contribution in [0.2, 0.25) is 0 Å². The lowest BCUT2D eigenvalue weighted by Gasteiger charge is -2.09. The first-order chi connectivity index (χ1) is 15.0. The van der Waals surface area contributed by atoms with Crippen molar-refractivity contribution in [3.8, 4) is 22.9 Å². The van der Waals surface area contributed by atoms with Crippen molar-refractivity contribution in [2.45, 2.75) is 11.7 Å². The van der Waals surface area contributed by atoms with E-state index >= 15 is 0 Å². The predicted molar refractivity (Wildman–Crippen MR) is 107 cm³/mol. The van der Waals surface area contributed by atoms with Crippen molar-refractivity contribution in [3.63, 3.8) is 0 Å². The zero-order valence-corrected chi connectivity index (χ0v) is 16.7. The minimum absolute atomic E-state index is 0.146. The van der Waals surface area contributed by atoms with Gasteiger partial charge in [-0.25, -0.2) is 13.2 Å². The van der Waals surface area contributed by atoms with Crippen molar-refractivity contribution in [2.75, 3.05) is 17.9 Å². The van der Waals surface area contributed by atoms with Gasteiger partial charge in [-0.3, -0.25) is 9.36 Å². The molecule has 2 aromatic carbocycles. The third kappa shape index (κ3) is 4.22. The van der Waals surface area contributed by atoms with Gasteiger partial charge in [0.15, 0.2) is 39.9 Å². The monoisotopic (exact) mass is 448 g/mol. The van der Waals surface area contributed by atoms with Gasteiger partial charge < -0.3 is 14.8 Å². The molecule has 1 aliphatic heterocycles. The van der Waals surface area contributed by atoms with Crippen molar-refractivity contribution in [2.24, 2.45) is 0 Å². The number of anilines is 1. The summed E-state index contributed by atoms with van der Waals surface area (Å²) in [6, 6.07) is 7.04. The Bertz CT molecular complexity index is 1170. The van der Waals surface area contributed by atoms with E-state index in [0.717, 1.165) is 29.5 Å². The van der Waals surface area contributed by atoms with Crippen molar-refractivity contribution in [1.29, 1.82) is 0 Å². The van der Waals surface area contributed by atoms with Crippen molar-refractivity contribution in [1.82, 2.24) is 14.8 Å². The topological polar surface area (TPSA) is 78.3 Å². The van der Waals surface area contributed by atoms with E-state index < -0.39 is 29.0 Å². The van der Waals surface area contributed by atoms with Gasteiger partial charge in [-0.15, -0.1) is 16.8 Å². The van der Waals surface area contributed by atoms with E-state index in [1.54, 1.807) is 22.8 Å². The third-order valence-electron chi connectivity index (χ3n) is 4.30. The first-order valence-corrected chi connectivity index (χ1v) is 9.96. The third-order valence-corrected chi connectivity index (χ3v) is 5.27. The van der Waals surface area contributed by atoms with Gasteiger partial charge in [-0.2, -0.15) is 0 Å². The molecule has 7 nitrogen and oxygen atoms in total. The van der Waals surface area contributed by atoms with Crippen molar-refractivity contribution in [3.05, 3.63) is 60.4 Å². The molecule has 0 fully saturated rings. The van der Waals surface area contributed by atoms with Crippen LogP contribution in [0.3, 0.4) is 0 Å². The Labute approximate surface area is 178 Å².